The van der Waals surface area contributed by atoms with Gasteiger partial charge in [0.1, 0.15) is 12.2 Å². The predicted octanol–water partition coefficient (Wildman–Crippen LogP) is 2.96. The zero-order valence-corrected chi connectivity index (χ0v) is 13.0. The van der Waals surface area contributed by atoms with Gasteiger partial charge in [-0.2, -0.15) is 0 Å². The average molecular weight is 272 g/mol. The fraction of sp³-hybridized carbons (Fsp3) is 0.500. The molecule has 0 aliphatic carbocycles. The van der Waals surface area contributed by atoms with Crippen LogP contribution in [0.5, 0.6) is 0 Å². The van der Waals surface area contributed by atoms with Crippen LogP contribution in [0, 0.1) is 0 Å². The number of aryl methyl sites for hydroxylation is 1. The number of benzene rings is 1. The van der Waals surface area contributed by atoms with Crippen LogP contribution in [0.1, 0.15) is 50.7 Å². The molecule has 0 saturated carbocycles. The fourth-order valence-corrected chi connectivity index (χ4v) is 2.10. The third-order valence-corrected chi connectivity index (χ3v) is 3.65. The molecule has 1 unspecified atom stereocenters. The normalized spacial score (nSPS) is 13.4. The van der Waals surface area contributed by atoms with Crippen molar-refractivity contribution in [2.45, 2.75) is 45.7 Å². The van der Waals surface area contributed by atoms with E-state index in [1.54, 1.807) is 6.33 Å². The Hall–Kier alpha value is -1.68. The van der Waals surface area contributed by atoms with E-state index in [1.165, 1.54) is 11.1 Å². The van der Waals surface area contributed by atoms with Gasteiger partial charge in [-0.05, 0) is 23.5 Å². The lowest BCUT2D eigenvalue weighted by Crippen LogP contribution is -2.20. The summed E-state index contributed by atoms with van der Waals surface area (Å²) >= 11 is 0. The van der Waals surface area contributed by atoms with Crippen molar-refractivity contribution in [3.05, 3.63) is 47.5 Å². The van der Waals surface area contributed by atoms with Crippen molar-refractivity contribution in [3.8, 4) is 0 Å². The summed E-state index contributed by atoms with van der Waals surface area (Å²) in [7, 11) is 1.96. The molecule has 0 saturated heterocycles. The molecule has 0 spiro atoms. The Kier molecular flexibility index (Phi) is 4.23. The van der Waals surface area contributed by atoms with Crippen LogP contribution in [0.4, 0.5) is 0 Å². The Morgan fingerprint density at radius 2 is 1.85 bits per heavy atom. The molecular formula is C16H24N4. The van der Waals surface area contributed by atoms with Crippen LogP contribution in [0.3, 0.4) is 0 Å². The molecule has 4 nitrogen and oxygen atoms in total. The van der Waals surface area contributed by atoms with E-state index in [9.17, 15) is 0 Å². The zero-order chi connectivity index (χ0) is 14.8. The Labute approximate surface area is 121 Å². The maximum atomic E-state index is 4.08. The molecule has 2 rings (SSSR count). The molecule has 20 heavy (non-hydrogen) atoms. The first-order valence-electron chi connectivity index (χ1n) is 7.04. The van der Waals surface area contributed by atoms with E-state index in [-0.39, 0.29) is 5.41 Å². The van der Waals surface area contributed by atoms with Gasteiger partial charge in [0.25, 0.3) is 0 Å². The standard InChI is InChI=1S/C16H24N4/c1-12(17-10-15-19-18-11-20(15)5)13-6-8-14(9-7-13)16(2,3)4/h6-9,11-12,17H,10H2,1-5H3. The Morgan fingerprint density at radius 3 is 2.35 bits per heavy atom. The van der Waals surface area contributed by atoms with Crippen LogP contribution in [-0.2, 0) is 19.0 Å². The Balaban J connectivity index is 1.99. The number of hydrogen-bond donors (Lipinski definition) is 1. The highest BCUT2D eigenvalue weighted by Gasteiger charge is 2.14. The van der Waals surface area contributed by atoms with E-state index in [2.05, 4.69) is 67.5 Å². The summed E-state index contributed by atoms with van der Waals surface area (Å²) in [6.45, 7) is 9.59. The van der Waals surface area contributed by atoms with Crippen LogP contribution in [0.25, 0.3) is 0 Å². The number of nitrogens with zero attached hydrogens (tertiary/aromatic N) is 3. The molecule has 2 aromatic rings. The van der Waals surface area contributed by atoms with Crippen molar-refractivity contribution < 1.29 is 0 Å². The van der Waals surface area contributed by atoms with E-state index in [4.69, 9.17) is 0 Å². The van der Waals surface area contributed by atoms with Crippen molar-refractivity contribution >= 4 is 0 Å². The highest BCUT2D eigenvalue weighted by Crippen LogP contribution is 2.23. The SMILES string of the molecule is CC(NCc1nncn1C)c1ccc(C(C)(C)C)cc1. The molecule has 0 radical (unpaired) electrons. The van der Waals surface area contributed by atoms with Crippen molar-refractivity contribution in [1.29, 1.82) is 0 Å². The third-order valence-electron chi connectivity index (χ3n) is 3.65. The second-order valence-corrected chi connectivity index (χ2v) is 6.33. The highest BCUT2D eigenvalue weighted by molar-refractivity contribution is 5.29. The van der Waals surface area contributed by atoms with Gasteiger partial charge in [-0.3, -0.25) is 0 Å². The van der Waals surface area contributed by atoms with Crippen LogP contribution in [0.2, 0.25) is 0 Å². The second kappa shape index (κ2) is 5.75. The monoisotopic (exact) mass is 272 g/mol. The van der Waals surface area contributed by atoms with Crippen molar-refractivity contribution in [1.82, 2.24) is 20.1 Å². The molecule has 1 atom stereocenters. The zero-order valence-electron chi connectivity index (χ0n) is 13.0. The molecule has 4 heteroatoms. The first kappa shape index (κ1) is 14.7. The molecular weight excluding hydrogens is 248 g/mol. The average Bonchev–Trinajstić information content (AvgIpc) is 2.81. The van der Waals surface area contributed by atoms with Gasteiger partial charge < -0.3 is 9.88 Å². The van der Waals surface area contributed by atoms with Crippen molar-refractivity contribution in [2.24, 2.45) is 7.05 Å². The quantitative estimate of drug-likeness (QED) is 0.930. The largest absolute Gasteiger partial charge is 0.320 e. The van der Waals surface area contributed by atoms with Crippen LogP contribution < -0.4 is 5.32 Å². The molecule has 1 N–H and O–H groups in total. The van der Waals surface area contributed by atoms with Gasteiger partial charge in [0.05, 0.1) is 6.54 Å². The first-order chi connectivity index (χ1) is 9.38. The van der Waals surface area contributed by atoms with Gasteiger partial charge in [0.2, 0.25) is 0 Å². The number of aromatic nitrogens is 3. The van der Waals surface area contributed by atoms with Gasteiger partial charge in [-0.1, -0.05) is 45.0 Å². The predicted molar refractivity (Wildman–Crippen MR) is 81.4 cm³/mol. The van der Waals surface area contributed by atoms with Crippen molar-refractivity contribution in [3.63, 3.8) is 0 Å². The molecule has 108 valence electrons. The number of nitrogens with one attached hydrogen (secondary N) is 1. The van der Waals surface area contributed by atoms with E-state index in [0.717, 1.165) is 12.4 Å². The topological polar surface area (TPSA) is 42.7 Å². The summed E-state index contributed by atoms with van der Waals surface area (Å²) in [5, 5.41) is 11.4. The summed E-state index contributed by atoms with van der Waals surface area (Å²) < 4.78 is 1.93. The first-order valence-corrected chi connectivity index (χ1v) is 7.04. The lowest BCUT2D eigenvalue weighted by Gasteiger charge is -2.20. The highest BCUT2D eigenvalue weighted by atomic mass is 15.3. The molecule has 1 heterocycles. The summed E-state index contributed by atoms with van der Waals surface area (Å²) in [6.07, 6.45) is 1.72. The third kappa shape index (κ3) is 3.45. The summed E-state index contributed by atoms with van der Waals surface area (Å²) in [4.78, 5) is 0. The van der Waals surface area contributed by atoms with Crippen LogP contribution >= 0.6 is 0 Å². The minimum Gasteiger partial charge on any atom is -0.320 e. The molecule has 0 aliphatic heterocycles. The van der Waals surface area contributed by atoms with Gasteiger partial charge in [0, 0.05) is 13.1 Å². The molecule has 0 fully saturated rings. The maximum absolute atomic E-state index is 4.08. The molecule has 0 bridgehead atoms. The number of rotatable bonds is 4. The van der Waals surface area contributed by atoms with Gasteiger partial charge in [-0.15, -0.1) is 10.2 Å². The lowest BCUT2D eigenvalue weighted by atomic mass is 9.86. The maximum Gasteiger partial charge on any atom is 0.146 e. The van der Waals surface area contributed by atoms with Crippen LogP contribution in [-0.4, -0.2) is 14.8 Å². The molecule has 0 aliphatic rings. The minimum atomic E-state index is 0.202. The summed E-state index contributed by atoms with van der Waals surface area (Å²) in [5.41, 5.74) is 2.86. The van der Waals surface area contributed by atoms with Gasteiger partial charge >= 0.3 is 0 Å². The lowest BCUT2D eigenvalue weighted by molar-refractivity contribution is 0.546. The molecule has 1 aromatic heterocycles. The second-order valence-electron chi connectivity index (χ2n) is 6.33. The molecule has 1 aromatic carbocycles. The molecule has 0 amide bonds. The van der Waals surface area contributed by atoms with E-state index in [0.29, 0.717) is 6.04 Å². The van der Waals surface area contributed by atoms with E-state index in [1.807, 2.05) is 11.6 Å². The van der Waals surface area contributed by atoms with Gasteiger partial charge in [0.15, 0.2) is 0 Å². The Bertz CT molecular complexity index is 549. The summed E-state index contributed by atoms with van der Waals surface area (Å²) in [6, 6.07) is 9.14. The number of hydrogen-bond acceptors (Lipinski definition) is 3. The Morgan fingerprint density at radius 1 is 1.20 bits per heavy atom. The van der Waals surface area contributed by atoms with Crippen LogP contribution in [0.15, 0.2) is 30.6 Å². The summed E-state index contributed by atoms with van der Waals surface area (Å²) in [5.74, 6) is 0.947. The minimum absolute atomic E-state index is 0.202. The van der Waals surface area contributed by atoms with Gasteiger partial charge in [-0.25, -0.2) is 0 Å². The van der Waals surface area contributed by atoms with Crippen molar-refractivity contribution in [2.75, 3.05) is 0 Å². The fourth-order valence-electron chi connectivity index (χ4n) is 2.10. The van der Waals surface area contributed by atoms with E-state index < -0.39 is 0 Å². The van der Waals surface area contributed by atoms with E-state index >= 15 is 0 Å². The smallest absolute Gasteiger partial charge is 0.146 e.